The Morgan fingerprint density at radius 1 is 1.26 bits per heavy atom. The van der Waals surface area contributed by atoms with Crippen LogP contribution in [0, 0.1) is 5.41 Å². The van der Waals surface area contributed by atoms with Gasteiger partial charge < -0.3 is 10.4 Å². The van der Waals surface area contributed by atoms with E-state index < -0.39 is 11.4 Å². The van der Waals surface area contributed by atoms with Gasteiger partial charge in [-0.05, 0) is 30.5 Å². The molecule has 0 aliphatic heterocycles. The maximum Gasteiger partial charge on any atom is 0.311 e. The second-order valence-electron chi connectivity index (χ2n) is 4.74. The highest BCUT2D eigenvalue weighted by Crippen LogP contribution is 2.45. The molecule has 2 N–H and O–H groups in total. The summed E-state index contributed by atoms with van der Waals surface area (Å²) in [5.41, 5.74) is -0.205. The minimum Gasteiger partial charge on any atom is -0.481 e. The van der Waals surface area contributed by atoms with E-state index in [1.165, 1.54) is 0 Å². The number of carbonyl (C=O) groups is 2. The Kier molecular flexibility index (Phi) is 4.02. The van der Waals surface area contributed by atoms with Crippen LogP contribution in [0.3, 0.4) is 0 Å². The predicted octanol–water partition coefficient (Wildman–Crippen LogP) is 2.52. The maximum absolute atomic E-state index is 11.8. The van der Waals surface area contributed by atoms with Crippen LogP contribution in [-0.2, 0) is 16.0 Å². The van der Waals surface area contributed by atoms with Crippen molar-refractivity contribution in [2.45, 2.75) is 19.3 Å². The van der Waals surface area contributed by atoms with Crippen molar-refractivity contribution >= 4 is 35.1 Å². The van der Waals surface area contributed by atoms with Crippen molar-refractivity contribution in [2.24, 2.45) is 5.41 Å². The summed E-state index contributed by atoms with van der Waals surface area (Å²) < 4.78 is 0. The molecule has 4 nitrogen and oxygen atoms in total. The Morgan fingerprint density at radius 3 is 2.32 bits per heavy atom. The SMILES string of the molecule is O=C(Cc1c(Cl)cccc1Cl)NCC1(C(=O)O)CC1. The van der Waals surface area contributed by atoms with Gasteiger partial charge in [-0.1, -0.05) is 29.3 Å². The number of nitrogens with one attached hydrogen (secondary N) is 1. The molecule has 0 unspecified atom stereocenters. The Hall–Kier alpha value is -1.26. The molecule has 0 heterocycles. The van der Waals surface area contributed by atoms with E-state index in [4.69, 9.17) is 28.3 Å². The number of amides is 1. The molecule has 0 saturated heterocycles. The normalized spacial score (nSPS) is 15.9. The Balaban J connectivity index is 1.93. The Bertz CT molecular complexity index is 506. The highest BCUT2D eigenvalue weighted by atomic mass is 35.5. The molecule has 6 heteroatoms. The zero-order valence-corrected chi connectivity index (χ0v) is 11.6. The fourth-order valence-corrected chi connectivity index (χ4v) is 2.34. The van der Waals surface area contributed by atoms with E-state index in [9.17, 15) is 9.59 Å². The summed E-state index contributed by atoms with van der Waals surface area (Å²) >= 11 is 11.9. The van der Waals surface area contributed by atoms with Crippen LogP contribution in [0.4, 0.5) is 0 Å². The number of rotatable bonds is 5. The van der Waals surface area contributed by atoms with Gasteiger partial charge in [-0.3, -0.25) is 9.59 Å². The summed E-state index contributed by atoms with van der Waals surface area (Å²) in [6, 6.07) is 5.03. The number of carboxylic acids is 1. The van der Waals surface area contributed by atoms with Crippen LogP contribution < -0.4 is 5.32 Å². The van der Waals surface area contributed by atoms with Crippen molar-refractivity contribution in [1.29, 1.82) is 0 Å². The van der Waals surface area contributed by atoms with E-state index in [1.807, 2.05) is 0 Å². The highest BCUT2D eigenvalue weighted by Gasteiger charge is 2.50. The first kappa shape index (κ1) is 14.2. The summed E-state index contributed by atoms with van der Waals surface area (Å²) in [4.78, 5) is 22.8. The predicted molar refractivity (Wildman–Crippen MR) is 72.5 cm³/mol. The molecular formula is C13H13Cl2NO3. The van der Waals surface area contributed by atoms with Crippen molar-refractivity contribution < 1.29 is 14.7 Å². The minimum atomic E-state index is -0.858. The third-order valence-corrected chi connectivity index (χ3v) is 4.04. The lowest BCUT2D eigenvalue weighted by atomic mass is 10.1. The molecule has 0 aromatic heterocycles. The molecule has 1 saturated carbocycles. The van der Waals surface area contributed by atoms with E-state index in [0.29, 0.717) is 28.5 Å². The molecule has 1 aliphatic carbocycles. The van der Waals surface area contributed by atoms with Gasteiger partial charge in [0.1, 0.15) is 0 Å². The summed E-state index contributed by atoms with van der Waals surface area (Å²) in [7, 11) is 0. The summed E-state index contributed by atoms with van der Waals surface area (Å²) in [6.07, 6.45) is 1.26. The van der Waals surface area contributed by atoms with Gasteiger partial charge in [0, 0.05) is 16.6 Å². The molecule has 1 amide bonds. The number of carboxylic acid groups (broad SMARTS) is 1. The second-order valence-corrected chi connectivity index (χ2v) is 5.55. The van der Waals surface area contributed by atoms with Gasteiger partial charge in [0.05, 0.1) is 11.8 Å². The van der Waals surface area contributed by atoms with Crippen molar-refractivity contribution in [2.75, 3.05) is 6.54 Å². The first-order chi connectivity index (χ1) is 8.94. The first-order valence-corrected chi connectivity index (χ1v) is 6.63. The molecule has 0 bridgehead atoms. The minimum absolute atomic E-state index is 0.0498. The third-order valence-electron chi connectivity index (χ3n) is 3.33. The van der Waals surface area contributed by atoms with Crippen molar-refractivity contribution in [1.82, 2.24) is 5.32 Å². The maximum atomic E-state index is 11.8. The topological polar surface area (TPSA) is 66.4 Å². The quantitative estimate of drug-likeness (QED) is 0.878. The van der Waals surface area contributed by atoms with Crippen LogP contribution in [0.1, 0.15) is 18.4 Å². The van der Waals surface area contributed by atoms with Gasteiger partial charge in [-0.15, -0.1) is 0 Å². The molecule has 19 heavy (non-hydrogen) atoms. The molecular weight excluding hydrogens is 289 g/mol. The third kappa shape index (κ3) is 3.19. The number of aliphatic carboxylic acids is 1. The zero-order chi connectivity index (χ0) is 14.0. The van der Waals surface area contributed by atoms with Crippen LogP contribution >= 0.6 is 23.2 Å². The lowest BCUT2D eigenvalue weighted by Gasteiger charge is -2.12. The molecule has 1 aromatic carbocycles. The van der Waals surface area contributed by atoms with Gasteiger partial charge >= 0.3 is 5.97 Å². The second kappa shape index (κ2) is 5.39. The standard InChI is InChI=1S/C13H13Cl2NO3/c14-9-2-1-3-10(15)8(9)6-11(17)16-7-13(4-5-13)12(18)19/h1-3H,4-7H2,(H,16,17)(H,18,19). The molecule has 1 aliphatic rings. The van der Waals surface area contributed by atoms with E-state index in [2.05, 4.69) is 5.32 Å². The van der Waals surface area contributed by atoms with E-state index >= 15 is 0 Å². The smallest absolute Gasteiger partial charge is 0.311 e. The fourth-order valence-electron chi connectivity index (χ4n) is 1.81. The number of halogens is 2. The molecule has 0 atom stereocenters. The molecule has 1 aromatic rings. The average Bonchev–Trinajstić information content (AvgIpc) is 3.13. The lowest BCUT2D eigenvalue weighted by Crippen LogP contribution is -2.35. The Morgan fingerprint density at radius 2 is 1.84 bits per heavy atom. The van der Waals surface area contributed by atoms with Crippen molar-refractivity contribution in [3.63, 3.8) is 0 Å². The van der Waals surface area contributed by atoms with E-state index in [0.717, 1.165) is 0 Å². The largest absolute Gasteiger partial charge is 0.481 e. The lowest BCUT2D eigenvalue weighted by molar-refractivity contribution is -0.143. The van der Waals surface area contributed by atoms with Crippen LogP contribution in [0.2, 0.25) is 10.0 Å². The molecule has 0 spiro atoms. The van der Waals surface area contributed by atoms with Crippen LogP contribution in [0.15, 0.2) is 18.2 Å². The molecule has 0 radical (unpaired) electrons. The van der Waals surface area contributed by atoms with Crippen LogP contribution in [-0.4, -0.2) is 23.5 Å². The Labute approximate surface area is 120 Å². The fraction of sp³-hybridized carbons (Fsp3) is 0.385. The van der Waals surface area contributed by atoms with Gasteiger partial charge in [0.2, 0.25) is 5.91 Å². The number of hydrogen-bond donors (Lipinski definition) is 2. The van der Waals surface area contributed by atoms with Crippen molar-refractivity contribution in [3.05, 3.63) is 33.8 Å². The summed E-state index contributed by atoms with van der Waals surface area (Å²) in [5, 5.41) is 12.5. The van der Waals surface area contributed by atoms with Gasteiger partial charge in [-0.25, -0.2) is 0 Å². The monoisotopic (exact) mass is 301 g/mol. The summed E-state index contributed by atoms with van der Waals surface area (Å²) in [5.74, 6) is -1.13. The van der Waals surface area contributed by atoms with Gasteiger partial charge in [0.25, 0.3) is 0 Å². The average molecular weight is 302 g/mol. The number of hydrogen-bond acceptors (Lipinski definition) is 2. The van der Waals surface area contributed by atoms with Gasteiger partial charge in [0.15, 0.2) is 0 Å². The van der Waals surface area contributed by atoms with E-state index in [1.54, 1.807) is 18.2 Å². The number of carbonyl (C=O) groups excluding carboxylic acids is 1. The molecule has 1 fully saturated rings. The first-order valence-electron chi connectivity index (χ1n) is 5.88. The summed E-state index contributed by atoms with van der Waals surface area (Å²) in [6.45, 7) is 0.156. The van der Waals surface area contributed by atoms with Crippen LogP contribution in [0.25, 0.3) is 0 Å². The van der Waals surface area contributed by atoms with E-state index in [-0.39, 0.29) is 18.9 Å². The molecule has 102 valence electrons. The molecule has 2 rings (SSSR count). The van der Waals surface area contributed by atoms with Crippen LogP contribution in [0.5, 0.6) is 0 Å². The zero-order valence-electron chi connectivity index (χ0n) is 10.1. The number of benzene rings is 1. The van der Waals surface area contributed by atoms with Crippen molar-refractivity contribution in [3.8, 4) is 0 Å². The van der Waals surface area contributed by atoms with Gasteiger partial charge in [-0.2, -0.15) is 0 Å². The highest BCUT2D eigenvalue weighted by molar-refractivity contribution is 6.36.